The van der Waals surface area contributed by atoms with Crippen LogP contribution in [0.1, 0.15) is 30.9 Å². The number of aryl methyl sites for hydroxylation is 1. The molecule has 0 aliphatic heterocycles. The van der Waals surface area contributed by atoms with Gasteiger partial charge in [0.1, 0.15) is 0 Å². The number of benzene rings is 1. The minimum Gasteiger partial charge on any atom is -0.353 e. The molecule has 0 bridgehead atoms. The summed E-state index contributed by atoms with van der Waals surface area (Å²) in [5.74, 6) is -0.587. The SMILES string of the molecule is CCc1ccccc1C1(C#N)CC(OC)(OC)C1. The van der Waals surface area contributed by atoms with Gasteiger partial charge in [0.05, 0.1) is 11.5 Å². The molecule has 0 unspecified atom stereocenters. The van der Waals surface area contributed by atoms with Crippen molar-refractivity contribution in [3.8, 4) is 6.07 Å². The molecular weight excluding hydrogens is 226 g/mol. The van der Waals surface area contributed by atoms with E-state index < -0.39 is 11.2 Å². The van der Waals surface area contributed by atoms with E-state index in [1.165, 1.54) is 5.56 Å². The summed E-state index contributed by atoms with van der Waals surface area (Å²) in [4.78, 5) is 0. The van der Waals surface area contributed by atoms with Crippen LogP contribution in [0.3, 0.4) is 0 Å². The molecule has 0 saturated heterocycles. The molecule has 0 amide bonds. The van der Waals surface area contributed by atoms with Crippen LogP contribution < -0.4 is 0 Å². The molecule has 3 heteroatoms. The van der Waals surface area contributed by atoms with E-state index in [2.05, 4.69) is 25.1 Å². The Balaban J connectivity index is 2.35. The highest BCUT2D eigenvalue weighted by atomic mass is 16.7. The molecule has 0 N–H and O–H groups in total. The second kappa shape index (κ2) is 4.72. The third kappa shape index (κ3) is 1.82. The third-order valence-electron chi connectivity index (χ3n) is 4.01. The molecule has 3 nitrogen and oxygen atoms in total. The fourth-order valence-electron chi connectivity index (χ4n) is 2.87. The Labute approximate surface area is 108 Å². The maximum atomic E-state index is 9.57. The number of nitriles is 1. The van der Waals surface area contributed by atoms with E-state index in [0.717, 1.165) is 12.0 Å². The van der Waals surface area contributed by atoms with Crippen LogP contribution in [0.2, 0.25) is 0 Å². The zero-order chi connectivity index (χ0) is 13.2. The summed E-state index contributed by atoms with van der Waals surface area (Å²) >= 11 is 0. The summed E-state index contributed by atoms with van der Waals surface area (Å²) in [7, 11) is 3.27. The standard InChI is InChI=1S/C15H19NO2/c1-4-12-7-5-6-8-13(12)14(11-16)9-15(10-14,17-2)18-3/h5-8H,4,9-10H2,1-3H3. The van der Waals surface area contributed by atoms with Crippen molar-refractivity contribution in [3.05, 3.63) is 35.4 Å². The van der Waals surface area contributed by atoms with E-state index in [1.807, 2.05) is 12.1 Å². The second-order valence-electron chi connectivity index (χ2n) is 4.88. The van der Waals surface area contributed by atoms with Gasteiger partial charge in [-0.15, -0.1) is 0 Å². The van der Waals surface area contributed by atoms with Gasteiger partial charge in [0, 0.05) is 27.1 Å². The van der Waals surface area contributed by atoms with Crippen molar-refractivity contribution in [2.75, 3.05) is 14.2 Å². The molecule has 0 heterocycles. The lowest BCUT2D eigenvalue weighted by atomic mass is 9.60. The van der Waals surface area contributed by atoms with Crippen molar-refractivity contribution in [2.24, 2.45) is 0 Å². The highest BCUT2D eigenvalue weighted by Crippen LogP contribution is 2.52. The largest absolute Gasteiger partial charge is 0.353 e. The van der Waals surface area contributed by atoms with Crippen molar-refractivity contribution in [3.63, 3.8) is 0 Å². The molecule has 96 valence electrons. The summed E-state index contributed by atoms with van der Waals surface area (Å²) in [6, 6.07) is 10.6. The van der Waals surface area contributed by atoms with Crippen LogP contribution in [0.15, 0.2) is 24.3 Å². The number of hydrogen-bond acceptors (Lipinski definition) is 3. The Morgan fingerprint density at radius 2 is 1.83 bits per heavy atom. The van der Waals surface area contributed by atoms with Gasteiger partial charge in [0.25, 0.3) is 0 Å². The van der Waals surface area contributed by atoms with Crippen LogP contribution in [0.4, 0.5) is 0 Å². The number of ether oxygens (including phenoxy) is 2. The maximum absolute atomic E-state index is 9.57. The lowest BCUT2D eigenvalue weighted by Gasteiger charge is -2.51. The fraction of sp³-hybridized carbons (Fsp3) is 0.533. The van der Waals surface area contributed by atoms with Gasteiger partial charge in [-0.3, -0.25) is 0 Å². The first kappa shape index (κ1) is 13.1. The molecular formula is C15H19NO2. The number of nitrogens with zero attached hydrogens (tertiary/aromatic N) is 1. The van der Waals surface area contributed by atoms with E-state index >= 15 is 0 Å². The smallest absolute Gasteiger partial charge is 0.171 e. The predicted octanol–water partition coefficient (Wildman–Crippen LogP) is 2.79. The minimum atomic E-state index is -0.587. The lowest BCUT2D eigenvalue weighted by molar-refractivity contribution is -0.269. The summed E-state index contributed by atoms with van der Waals surface area (Å²) in [5.41, 5.74) is 1.90. The summed E-state index contributed by atoms with van der Waals surface area (Å²) in [5, 5.41) is 9.57. The first-order chi connectivity index (χ1) is 8.65. The topological polar surface area (TPSA) is 42.2 Å². The molecule has 0 spiro atoms. The Bertz CT molecular complexity index is 464. The molecule has 2 rings (SSSR count). The Morgan fingerprint density at radius 1 is 1.22 bits per heavy atom. The van der Waals surface area contributed by atoms with Gasteiger partial charge in [-0.1, -0.05) is 31.2 Å². The molecule has 0 aromatic heterocycles. The predicted molar refractivity (Wildman–Crippen MR) is 69.1 cm³/mol. The molecule has 1 saturated carbocycles. The van der Waals surface area contributed by atoms with Crippen LogP contribution in [-0.2, 0) is 21.3 Å². The molecule has 1 aliphatic rings. The van der Waals surface area contributed by atoms with E-state index in [9.17, 15) is 5.26 Å². The van der Waals surface area contributed by atoms with Gasteiger partial charge in [0.2, 0.25) is 0 Å². The van der Waals surface area contributed by atoms with Crippen molar-refractivity contribution < 1.29 is 9.47 Å². The van der Waals surface area contributed by atoms with Gasteiger partial charge >= 0.3 is 0 Å². The molecule has 18 heavy (non-hydrogen) atoms. The first-order valence-electron chi connectivity index (χ1n) is 6.25. The second-order valence-corrected chi connectivity index (χ2v) is 4.88. The van der Waals surface area contributed by atoms with Crippen molar-refractivity contribution in [1.29, 1.82) is 5.26 Å². The Hall–Kier alpha value is -1.37. The Morgan fingerprint density at radius 3 is 2.33 bits per heavy atom. The highest BCUT2D eigenvalue weighted by Gasteiger charge is 2.58. The van der Waals surface area contributed by atoms with Gasteiger partial charge in [-0.2, -0.15) is 5.26 Å². The monoisotopic (exact) mass is 245 g/mol. The van der Waals surface area contributed by atoms with E-state index in [4.69, 9.17) is 9.47 Å². The van der Waals surface area contributed by atoms with Crippen molar-refractivity contribution >= 4 is 0 Å². The van der Waals surface area contributed by atoms with Crippen LogP contribution in [0, 0.1) is 11.3 Å². The molecule has 0 radical (unpaired) electrons. The summed E-state index contributed by atoms with van der Waals surface area (Å²) in [6.45, 7) is 2.11. The van der Waals surface area contributed by atoms with E-state index in [0.29, 0.717) is 12.8 Å². The van der Waals surface area contributed by atoms with Crippen molar-refractivity contribution in [1.82, 2.24) is 0 Å². The van der Waals surface area contributed by atoms with Gasteiger partial charge in [0.15, 0.2) is 5.79 Å². The third-order valence-corrected chi connectivity index (χ3v) is 4.01. The van der Waals surface area contributed by atoms with Crippen LogP contribution in [0.5, 0.6) is 0 Å². The summed E-state index contributed by atoms with van der Waals surface area (Å²) in [6.07, 6.45) is 2.13. The van der Waals surface area contributed by atoms with Gasteiger partial charge in [-0.25, -0.2) is 0 Å². The molecule has 1 fully saturated rings. The van der Waals surface area contributed by atoms with Gasteiger partial charge in [-0.05, 0) is 17.5 Å². The Kier molecular flexibility index (Phi) is 3.43. The average molecular weight is 245 g/mol. The number of methoxy groups -OCH3 is 2. The fourth-order valence-corrected chi connectivity index (χ4v) is 2.87. The van der Waals surface area contributed by atoms with Gasteiger partial charge < -0.3 is 9.47 Å². The number of rotatable bonds is 4. The minimum absolute atomic E-state index is 0.460. The average Bonchev–Trinajstić information content (AvgIpc) is 2.40. The quantitative estimate of drug-likeness (QED) is 0.766. The molecule has 1 aromatic carbocycles. The number of hydrogen-bond donors (Lipinski definition) is 0. The highest BCUT2D eigenvalue weighted by molar-refractivity contribution is 5.43. The first-order valence-corrected chi connectivity index (χ1v) is 6.25. The van der Waals surface area contributed by atoms with Crippen LogP contribution >= 0.6 is 0 Å². The molecule has 0 atom stereocenters. The molecule has 1 aliphatic carbocycles. The molecule has 1 aromatic rings. The van der Waals surface area contributed by atoms with Crippen molar-refractivity contribution in [2.45, 2.75) is 37.4 Å². The van der Waals surface area contributed by atoms with E-state index in [-0.39, 0.29) is 0 Å². The maximum Gasteiger partial charge on any atom is 0.171 e. The lowest BCUT2D eigenvalue weighted by Crippen LogP contribution is -2.56. The zero-order valence-corrected chi connectivity index (χ0v) is 11.2. The zero-order valence-electron chi connectivity index (χ0n) is 11.2. The van der Waals surface area contributed by atoms with Crippen LogP contribution in [-0.4, -0.2) is 20.0 Å². The summed E-state index contributed by atoms with van der Waals surface area (Å²) < 4.78 is 10.8. The van der Waals surface area contributed by atoms with E-state index in [1.54, 1.807) is 14.2 Å². The normalized spacial score (nSPS) is 19.9. The van der Waals surface area contributed by atoms with Crippen LogP contribution in [0.25, 0.3) is 0 Å².